The first-order valence-corrected chi connectivity index (χ1v) is 9.79. The molecule has 0 spiro atoms. The highest BCUT2D eigenvalue weighted by Gasteiger charge is 2.21. The summed E-state index contributed by atoms with van der Waals surface area (Å²) >= 11 is 0. The third-order valence-corrected chi connectivity index (χ3v) is 5.45. The van der Waals surface area contributed by atoms with Gasteiger partial charge in [-0.05, 0) is 50.2 Å². The van der Waals surface area contributed by atoms with Gasteiger partial charge < -0.3 is 5.32 Å². The van der Waals surface area contributed by atoms with Gasteiger partial charge in [0, 0.05) is 30.2 Å². The number of hydrogen-bond acceptors (Lipinski definition) is 4. The Balaban J connectivity index is 1.40. The average Bonchev–Trinajstić information content (AvgIpc) is 2.69. The van der Waals surface area contributed by atoms with E-state index in [9.17, 15) is 4.79 Å². The number of rotatable bonds is 5. The Bertz CT molecular complexity index is 1020. The van der Waals surface area contributed by atoms with Crippen LogP contribution in [0.25, 0.3) is 10.9 Å². The zero-order chi connectivity index (χ0) is 18.8. The van der Waals surface area contributed by atoms with Crippen LogP contribution in [0, 0.1) is 5.92 Å². The summed E-state index contributed by atoms with van der Waals surface area (Å²) in [6, 6.07) is 12.4. The number of aromatic nitrogens is 3. The van der Waals surface area contributed by atoms with Crippen molar-refractivity contribution in [2.45, 2.75) is 39.0 Å². The molecule has 1 unspecified atom stereocenters. The molecule has 0 fully saturated rings. The molecule has 1 N–H and O–H groups in total. The Kier molecular flexibility index (Phi) is 4.92. The van der Waals surface area contributed by atoms with E-state index in [4.69, 9.17) is 9.97 Å². The molecule has 4 rings (SSSR count). The first kappa shape index (κ1) is 17.7. The smallest absolute Gasteiger partial charge is 0.258 e. The number of benzene rings is 1. The molecule has 1 aliphatic rings. The van der Waals surface area contributed by atoms with Gasteiger partial charge in [0.25, 0.3) is 5.56 Å². The minimum absolute atomic E-state index is 0.102. The van der Waals surface area contributed by atoms with Crippen LogP contribution in [-0.2, 0) is 26.3 Å². The standard InChI is InChI=1S/C22H26N4O/c1-15-9-12-20-18(14-15)21(27)26(2)22(25-20)23-13-5-7-17-11-10-16-6-3-4-8-19(16)24-17/h3-4,6,8,10-11,15H,5,7,9,12-14H2,1-2H3,(H,23,25). The van der Waals surface area contributed by atoms with Crippen molar-refractivity contribution in [3.05, 3.63) is 63.7 Å². The fraction of sp³-hybridized carbons (Fsp3) is 0.409. The van der Waals surface area contributed by atoms with Crippen molar-refractivity contribution in [1.29, 1.82) is 0 Å². The second kappa shape index (κ2) is 7.51. The maximum absolute atomic E-state index is 12.6. The van der Waals surface area contributed by atoms with Crippen molar-refractivity contribution in [3.63, 3.8) is 0 Å². The van der Waals surface area contributed by atoms with E-state index in [2.05, 4.69) is 30.4 Å². The third-order valence-electron chi connectivity index (χ3n) is 5.45. The van der Waals surface area contributed by atoms with E-state index in [-0.39, 0.29) is 5.56 Å². The van der Waals surface area contributed by atoms with Gasteiger partial charge in [0.15, 0.2) is 0 Å². The summed E-state index contributed by atoms with van der Waals surface area (Å²) < 4.78 is 1.66. The van der Waals surface area contributed by atoms with Gasteiger partial charge in [0.1, 0.15) is 0 Å². The van der Waals surface area contributed by atoms with E-state index in [0.29, 0.717) is 11.9 Å². The van der Waals surface area contributed by atoms with Crippen LogP contribution in [0.2, 0.25) is 0 Å². The molecular weight excluding hydrogens is 336 g/mol. The quantitative estimate of drug-likeness (QED) is 0.706. The van der Waals surface area contributed by atoms with Crippen LogP contribution in [0.4, 0.5) is 5.95 Å². The van der Waals surface area contributed by atoms with E-state index in [1.807, 2.05) is 25.2 Å². The third kappa shape index (κ3) is 3.72. The summed E-state index contributed by atoms with van der Waals surface area (Å²) in [4.78, 5) is 22.1. The minimum atomic E-state index is 0.102. The lowest BCUT2D eigenvalue weighted by Gasteiger charge is -2.22. The van der Waals surface area contributed by atoms with Gasteiger partial charge in [0.2, 0.25) is 5.95 Å². The van der Waals surface area contributed by atoms with Gasteiger partial charge in [-0.2, -0.15) is 0 Å². The molecule has 0 bridgehead atoms. The summed E-state index contributed by atoms with van der Waals surface area (Å²) in [6.45, 7) is 2.97. The number of nitrogens with one attached hydrogen (secondary N) is 1. The topological polar surface area (TPSA) is 59.8 Å². The zero-order valence-electron chi connectivity index (χ0n) is 16.0. The van der Waals surface area contributed by atoms with Gasteiger partial charge >= 0.3 is 0 Å². The molecule has 3 aromatic rings. The molecule has 5 heteroatoms. The van der Waals surface area contributed by atoms with Crippen LogP contribution >= 0.6 is 0 Å². The molecule has 1 atom stereocenters. The molecule has 140 valence electrons. The Hall–Kier alpha value is -2.69. The molecule has 0 amide bonds. The summed E-state index contributed by atoms with van der Waals surface area (Å²) in [6.07, 6.45) is 4.70. The number of fused-ring (bicyclic) bond motifs is 2. The summed E-state index contributed by atoms with van der Waals surface area (Å²) in [7, 11) is 1.81. The lowest BCUT2D eigenvalue weighted by molar-refractivity contribution is 0.485. The fourth-order valence-electron chi connectivity index (χ4n) is 3.81. The first-order chi connectivity index (χ1) is 13.1. The Labute approximate surface area is 159 Å². The number of aryl methyl sites for hydroxylation is 2. The number of hydrogen-bond donors (Lipinski definition) is 1. The van der Waals surface area contributed by atoms with Crippen molar-refractivity contribution in [1.82, 2.24) is 14.5 Å². The molecule has 0 saturated heterocycles. The Morgan fingerprint density at radius 1 is 1.19 bits per heavy atom. The zero-order valence-corrected chi connectivity index (χ0v) is 16.0. The van der Waals surface area contributed by atoms with Crippen molar-refractivity contribution in [3.8, 4) is 0 Å². The Morgan fingerprint density at radius 3 is 2.93 bits per heavy atom. The van der Waals surface area contributed by atoms with Gasteiger partial charge in [-0.3, -0.25) is 14.3 Å². The number of pyridine rings is 1. The van der Waals surface area contributed by atoms with Crippen LogP contribution in [0.15, 0.2) is 41.2 Å². The van der Waals surface area contributed by atoms with Gasteiger partial charge in [-0.15, -0.1) is 0 Å². The highest BCUT2D eigenvalue weighted by Crippen LogP contribution is 2.22. The monoisotopic (exact) mass is 362 g/mol. The molecule has 27 heavy (non-hydrogen) atoms. The lowest BCUT2D eigenvalue weighted by atomic mass is 9.88. The molecule has 5 nitrogen and oxygen atoms in total. The van der Waals surface area contributed by atoms with E-state index in [1.54, 1.807) is 4.57 Å². The lowest BCUT2D eigenvalue weighted by Crippen LogP contribution is -2.31. The average molecular weight is 362 g/mol. The largest absolute Gasteiger partial charge is 0.356 e. The van der Waals surface area contributed by atoms with Crippen LogP contribution in [0.5, 0.6) is 0 Å². The van der Waals surface area contributed by atoms with E-state index < -0.39 is 0 Å². The van der Waals surface area contributed by atoms with Crippen molar-refractivity contribution in [2.75, 3.05) is 11.9 Å². The van der Waals surface area contributed by atoms with Gasteiger partial charge in [-0.25, -0.2) is 4.98 Å². The number of nitrogens with zero attached hydrogens (tertiary/aromatic N) is 3. The predicted octanol–water partition coefficient (Wildman–Crippen LogP) is 3.50. The SMILES string of the molecule is CC1CCc2nc(NCCCc3ccc4ccccc4n3)n(C)c(=O)c2C1. The summed E-state index contributed by atoms with van der Waals surface area (Å²) in [5, 5.41) is 4.52. The molecular formula is C22H26N4O. The second-order valence-electron chi connectivity index (χ2n) is 7.60. The number of anilines is 1. The summed E-state index contributed by atoms with van der Waals surface area (Å²) in [5.41, 5.74) is 4.12. The highest BCUT2D eigenvalue weighted by atomic mass is 16.1. The van der Waals surface area contributed by atoms with Crippen LogP contribution < -0.4 is 10.9 Å². The minimum Gasteiger partial charge on any atom is -0.356 e. The van der Waals surface area contributed by atoms with Gasteiger partial charge in [0.05, 0.1) is 11.2 Å². The molecule has 2 aromatic heterocycles. The van der Waals surface area contributed by atoms with Crippen LogP contribution in [-0.4, -0.2) is 21.1 Å². The van der Waals surface area contributed by atoms with E-state index in [1.165, 1.54) is 5.39 Å². The normalized spacial score (nSPS) is 16.3. The number of para-hydroxylation sites is 1. The molecule has 0 radical (unpaired) electrons. The maximum atomic E-state index is 12.6. The van der Waals surface area contributed by atoms with E-state index in [0.717, 1.165) is 61.1 Å². The van der Waals surface area contributed by atoms with Crippen molar-refractivity contribution >= 4 is 16.9 Å². The molecule has 0 saturated carbocycles. The fourth-order valence-corrected chi connectivity index (χ4v) is 3.81. The molecule has 0 aliphatic heterocycles. The van der Waals surface area contributed by atoms with Crippen LogP contribution in [0.3, 0.4) is 0 Å². The molecule has 2 heterocycles. The highest BCUT2D eigenvalue weighted by molar-refractivity contribution is 5.78. The van der Waals surface area contributed by atoms with E-state index >= 15 is 0 Å². The predicted molar refractivity (Wildman–Crippen MR) is 109 cm³/mol. The van der Waals surface area contributed by atoms with Crippen molar-refractivity contribution < 1.29 is 0 Å². The molecule has 1 aromatic carbocycles. The second-order valence-corrected chi connectivity index (χ2v) is 7.60. The first-order valence-electron chi connectivity index (χ1n) is 9.79. The van der Waals surface area contributed by atoms with Crippen molar-refractivity contribution in [2.24, 2.45) is 13.0 Å². The summed E-state index contributed by atoms with van der Waals surface area (Å²) in [5.74, 6) is 1.25. The Morgan fingerprint density at radius 2 is 2.04 bits per heavy atom. The van der Waals surface area contributed by atoms with Gasteiger partial charge in [-0.1, -0.05) is 31.2 Å². The van der Waals surface area contributed by atoms with Crippen LogP contribution in [0.1, 0.15) is 36.7 Å². The maximum Gasteiger partial charge on any atom is 0.258 e. The molecule has 1 aliphatic carbocycles.